The first-order valence-corrected chi connectivity index (χ1v) is 22.2. The van der Waals surface area contributed by atoms with Gasteiger partial charge in [-0.2, -0.15) is 26.8 Å². The van der Waals surface area contributed by atoms with Gasteiger partial charge in [0, 0.05) is 55.7 Å². The van der Waals surface area contributed by atoms with Gasteiger partial charge >= 0.3 is 0 Å². The quantitative estimate of drug-likeness (QED) is 0.0320. The Kier molecular flexibility index (Phi) is 18.0. The van der Waals surface area contributed by atoms with Crippen LogP contribution in [0.2, 0.25) is 0 Å². The van der Waals surface area contributed by atoms with Gasteiger partial charge in [0.05, 0.1) is 49.2 Å². The summed E-state index contributed by atoms with van der Waals surface area (Å²) in [4.78, 5) is 40.4. The number of hydrogen-bond acceptors (Lipinski definition) is 16. The van der Waals surface area contributed by atoms with Crippen LogP contribution in [-0.4, -0.2) is 158 Å². The van der Waals surface area contributed by atoms with E-state index in [1.807, 2.05) is 12.1 Å². The molecule has 6 aromatic rings. The van der Waals surface area contributed by atoms with Crippen molar-refractivity contribution < 1.29 is 46.4 Å². The van der Waals surface area contributed by atoms with Crippen molar-refractivity contribution in [2.45, 2.75) is 9.79 Å². The smallest absolute Gasteiger partial charge is 0.295 e. The molecule has 10 N–H and O–H groups in total. The third kappa shape index (κ3) is 14.3. The summed E-state index contributed by atoms with van der Waals surface area (Å²) >= 11 is 0. The van der Waals surface area contributed by atoms with Crippen molar-refractivity contribution >= 4 is 96.6 Å². The van der Waals surface area contributed by atoms with Crippen LogP contribution in [0.4, 0.5) is 34.6 Å². The van der Waals surface area contributed by atoms with E-state index in [2.05, 4.69) is 49.9 Å². The topological polar surface area (TPSA) is 335 Å². The Bertz CT molecular complexity index is 2890. The number of benzene rings is 4. The number of nitrogens with one attached hydrogen (secondary N) is 4. The van der Waals surface area contributed by atoms with Gasteiger partial charge in [-0.25, -0.2) is 20.0 Å². The van der Waals surface area contributed by atoms with E-state index >= 15 is 0 Å². The van der Waals surface area contributed by atoms with Gasteiger partial charge in [0.1, 0.15) is 9.79 Å². The van der Waals surface area contributed by atoms with Crippen LogP contribution in [0.5, 0.6) is 0 Å². The summed E-state index contributed by atoms with van der Waals surface area (Å²) in [6.45, 7) is -0.688. The zero-order valence-corrected chi connectivity index (χ0v) is 38.4. The van der Waals surface area contributed by atoms with Crippen molar-refractivity contribution in [2.24, 2.45) is 20.0 Å². The predicted octanol–water partition coefficient (Wildman–Crippen LogP) is 0.584. The molecule has 65 heavy (non-hydrogen) atoms. The Hall–Kier alpha value is -5.90. The second-order valence-corrected chi connectivity index (χ2v) is 16.2. The number of rotatable bonds is 18. The fourth-order valence-electron chi connectivity index (χ4n) is 6.04. The molecule has 0 saturated heterocycles. The molecule has 0 aliphatic rings. The van der Waals surface area contributed by atoms with Gasteiger partial charge in [0.25, 0.3) is 20.2 Å². The summed E-state index contributed by atoms with van der Waals surface area (Å²) in [7, 11) is -9.84. The molecule has 0 aliphatic carbocycles. The average Bonchev–Trinajstić information content (AvgIpc) is 3.26. The zero-order chi connectivity index (χ0) is 45.7. The number of H-pyrrole nitrogens is 4. The number of aromatic nitrogens is 6. The molecular formula is C40H44N12NaO10S2. The third-order valence-corrected chi connectivity index (χ3v) is 10.7. The number of para-hydroxylation sites is 2. The normalized spacial score (nSPS) is 13.1. The van der Waals surface area contributed by atoms with E-state index in [-0.39, 0.29) is 139 Å². The Balaban J connectivity index is 0.00000793. The Labute approximate surface area is 393 Å². The van der Waals surface area contributed by atoms with Crippen molar-refractivity contribution in [3.63, 3.8) is 0 Å². The van der Waals surface area contributed by atoms with Gasteiger partial charge in [-0.15, -0.1) is 0 Å². The molecule has 0 amide bonds. The number of aliphatic hydroxyl groups is 4. The molecule has 0 saturated carbocycles. The second-order valence-electron chi connectivity index (χ2n) is 13.4. The number of anilines is 2. The van der Waals surface area contributed by atoms with Crippen LogP contribution in [0, 0.1) is 0 Å². The molecule has 2 aromatic heterocycles. The first-order valence-electron chi connectivity index (χ1n) is 19.3. The van der Waals surface area contributed by atoms with Crippen molar-refractivity contribution in [3.05, 3.63) is 131 Å². The van der Waals surface area contributed by atoms with E-state index in [0.717, 1.165) is 12.1 Å². The predicted molar refractivity (Wildman–Crippen MR) is 240 cm³/mol. The molecule has 0 unspecified atom stereocenters. The molecule has 25 heteroatoms. The maximum absolute atomic E-state index is 12.7. The molecule has 337 valence electrons. The summed E-state index contributed by atoms with van der Waals surface area (Å²) in [6, 6.07) is 25.3. The second kappa shape index (κ2) is 23.3. The Morgan fingerprint density at radius 1 is 0.492 bits per heavy atom. The first kappa shape index (κ1) is 50.1. The van der Waals surface area contributed by atoms with Gasteiger partial charge in [-0.3, -0.25) is 29.0 Å². The Morgan fingerprint density at radius 3 is 1.17 bits per heavy atom. The van der Waals surface area contributed by atoms with Crippen molar-refractivity contribution in [3.8, 4) is 0 Å². The maximum atomic E-state index is 12.7. The van der Waals surface area contributed by atoms with E-state index in [0.29, 0.717) is 11.4 Å². The number of aromatic amines is 4. The summed E-state index contributed by atoms with van der Waals surface area (Å²) in [6.07, 6.45) is 2.44. The fraction of sp³-hybridized carbons (Fsp3) is 0.200. The van der Waals surface area contributed by atoms with Crippen LogP contribution in [0.25, 0.3) is 12.2 Å². The molecule has 0 aliphatic heterocycles. The minimum absolute atomic E-state index is 0. The van der Waals surface area contributed by atoms with Crippen LogP contribution >= 0.6 is 0 Å². The summed E-state index contributed by atoms with van der Waals surface area (Å²) in [5, 5.41) is 38.5. The molecular weight excluding hydrogens is 896 g/mol. The van der Waals surface area contributed by atoms with Crippen LogP contribution < -0.4 is 32.3 Å². The van der Waals surface area contributed by atoms with Gasteiger partial charge in [0.15, 0.2) is 0 Å². The van der Waals surface area contributed by atoms with E-state index in [4.69, 9.17) is 0 Å². The Morgan fingerprint density at radius 2 is 0.846 bits per heavy atom. The number of hydrogen-bond donors (Lipinski definition) is 10. The molecule has 0 spiro atoms. The monoisotopic (exact) mass is 939 g/mol. The SMILES string of the molecule is O=S(=O)(O)c1cc(N=c2[nH]c(N(CCO)CCO)nc(=Nc3ccccc3)[nH]2)ccc1/C=C/c1ccc(N=c2[nH]c(N(CCO)CCO)nc(=Nc3ccccc3)[nH]2)cc1S(=O)(=O)O.[Na]. The molecule has 4 aromatic carbocycles. The van der Waals surface area contributed by atoms with Gasteiger partial charge in [0.2, 0.25) is 34.4 Å². The first-order chi connectivity index (χ1) is 30.8. The minimum atomic E-state index is -4.92. The largest absolute Gasteiger partial charge is 0.395 e. The molecule has 1 radical (unpaired) electrons. The van der Waals surface area contributed by atoms with Crippen LogP contribution in [-0.2, 0) is 20.2 Å². The minimum Gasteiger partial charge on any atom is -0.395 e. The fourth-order valence-corrected chi connectivity index (χ4v) is 7.45. The van der Waals surface area contributed by atoms with Gasteiger partial charge in [-0.05, 0) is 59.7 Å². The molecule has 2 heterocycles. The van der Waals surface area contributed by atoms with Crippen molar-refractivity contribution in [1.82, 2.24) is 29.9 Å². The number of nitrogens with zero attached hydrogens (tertiary/aromatic N) is 8. The molecule has 0 fully saturated rings. The third-order valence-electron chi connectivity index (χ3n) is 8.88. The standard InChI is InChI=1S/C40H44N12O10S2.Na/c53-21-17-51(18-22-54)39-47-35(41-29-7-3-1-4-8-29)45-37(49-39)43-31-15-13-27(33(25-31)63(57,58)59)11-12-28-14-16-32(26-34(28)64(60,61)62)44-38-46-36(42-30-9-5-2-6-10-30)48-40(50-38)52(19-23-55)20-24-56;/h1-16,25-26,53-56H,17-24H2,(H,57,58,59)(H,60,61,62)(H2,41,43,45,47,49)(H2,42,44,46,48,50);/b12-11+;. The molecule has 0 atom stereocenters. The van der Waals surface area contributed by atoms with E-state index < -0.39 is 30.0 Å². The van der Waals surface area contributed by atoms with Gasteiger partial charge in [-0.1, -0.05) is 60.7 Å². The molecule has 6 rings (SSSR count). The number of aliphatic hydroxyl groups excluding tert-OH is 4. The molecule has 0 bridgehead atoms. The van der Waals surface area contributed by atoms with Crippen LogP contribution in [0.1, 0.15) is 11.1 Å². The average molecular weight is 940 g/mol. The summed E-state index contributed by atoms with van der Waals surface area (Å²) in [5.74, 6) is 0.345. The summed E-state index contributed by atoms with van der Waals surface area (Å²) < 4.78 is 71.4. The van der Waals surface area contributed by atoms with Crippen LogP contribution in [0.15, 0.2) is 127 Å². The van der Waals surface area contributed by atoms with E-state index in [1.165, 1.54) is 36.4 Å². The van der Waals surface area contributed by atoms with E-state index in [9.17, 15) is 46.4 Å². The summed E-state index contributed by atoms with van der Waals surface area (Å²) in [5.41, 5.74) is 1.22. The van der Waals surface area contributed by atoms with Gasteiger partial charge < -0.3 is 30.2 Å². The van der Waals surface area contributed by atoms with E-state index in [1.54, 1.807) is 58.3 Å². The van der Waals surface area contributed by atoms with Crippen LogP contribution in [0.3, 0.4) is 0 Å². The molecule has 22 nitrogen and oxygen atoms in total. The van der Waals surface area contributed by atoms with Crippen molar-refractivity contribution in [1.29, 1.82) is 0 Å². The van der Waals surface area contributed by atoms with Crippen molar-refractivity contribution in [2.75, 3.05) is 62.4 Å². The zero-order valence-electron chi connectivity index (χ0n) is 34.8. The maximum Gasteiger partial charge on any atom is 0.295 e.